The highest BCUT2D eigenvalue weighted by atomic mass is 16.5. The summed E-state index contributed by atoms with van der Waals surface area (Å²) in [5.74, 6) is 0.00800. The summed E-state index contributed by atoms with van der Waals surface area (Å²) >= 11 is 0. The molecule has 0 atom stereocenters. The standard InChI is InChI=1S/C25H23N5O4/c1-2-3-15-34-25(32)19-11-13-20(14-12-19)26-24(31)22(17-21-10-7-16-33-21)30-23(27-28-29-30)18-8-5-4-6-9-18/h4-14,16-17H,2-3,15H2,1H3,(H,26,31). The SMILES string of the molecule is CCCCOC(=O)c1ccc(NC(=O)C(=Cc2ccco2)n2nnnc2-c2ccccc2)cc1. The van der Waals surface area contributed by atoms with E-state index in [1.54, 1.807) is 42.5 Å². The lowest BCUT2D eigenvalue weighted by Crippen LogP contribution is -2.19. The predicted molar refractivity (Wildman–Crippen MR) is 126 cm³/mol. The van der Waals surface area contributed by atoms with Crippen LogP contribution >= 0.6 is 0 Å². The second kappa shape index (κ2) is 10.9. The average Bonchev–Trinajstić information content (AvgIpc) is 3.56. The zero-order valence-corrected chi connectivity index (χ0v) is 18.5. The molecule has 0 aliphatic carbocycles. The number of amides is 1. The molecule has 0 saturated carbocycles. The van der Waals surface area contributed by atoms with Crippen molar-refractivity contribution < 1.29 is 18.7 Å². The molecular weight excluding hydrogens is 434 g/mol. The summed E-state index contributed by atoms with van der Waals surface area (Å²) in [6.45, 7) is 2.41. The minimum absolute atomic E-state index is 0.154. The number of nitrogens with zero attached hydrogens (tertiary/aromatic N) is 4. The number of ether oxygens (including phenoxy) is 1. The highest BCUT2D eigenvalue weighted by molar-refractivity contribution is 6.24. The Bertz CT molecular complexity index is 1260. The van der Waals surface area contributed by atoms with Crippen LogP contribution in [0.25, 0.3) is 23.2 Å². The molecule has 0 saturated heterocycles. The van der Waals surface area contributed by atoms with Crippen molar-refractivity contribution in [2.75, 3.05) is 11.9 Å². The van der Waals surface area contributed by atoms with Gasteiger partial charge in [-0.25, -0.2) is 4.79 Å². The lowest BCUT2D eigenvalue weighted by Gasteiger charge is -2.11. The Morgan fingerprint density at radius 2 is 1.85 bits per heavy atom. The van der Waals surface area contributed by atoms with Gasteiger partial charge in [-0.1, -0.05) is 43.7 Å². The smallest absolute Gasteiger partial charge is 0.338 e. The largest absolute Gasteiger partial charge is 0.465 e. The van der Waals surface area contributed by atoms with Gasteiger partial charge >= 0.3 is 5.97 Å². The van der Waals surface area contributed by atoms with Crippen LogP contribution in [0, 0.1) is 0 Å². The van der Waals surface area contributed by atoms with Gasteiger partial charge in [0.15, 0.2) is 5.82 Å². The summed E-state index contributed by atoms with van der Waals surface area (Å²) in [4.78, 5) is 25.4. The third kappa shape index (κ3) is 5.44. The maximum Gasteiger partial charge on any atom is 0.338 e. The van der Waals surface area contributed by atoms with Crippen LogP contribution in [0.1, 0.15) is 35.9 Å². The molecule has 0 radical (unpaired) electrons. The normalized spacial score (nSPS) is 11.3. The first-order chi connectivity index (χ1) is 16.7. The van der Waals surface area contributed by atoms with E-state index >= 15 is 0 Å². The van der Waals surface area contributed by atoms with Crippen LogP contribution in [0.2, 0.25) is 0 Å². The first-order valence-electron chi connectivity index (χ1n) is 10.8. The van der Waals surface area contributed by atoms with Gasteiger partial charge in [0.2, 0.25) is 0 Å². The number of benzene rings is 2. The number of tetrazole rings is 1. The third-order valence-electron chi connectivity index (χ3n) is 4.89. The number of unbranched alkanes of at least 4 members (excludes halogenated alkanes) is 1. The fourth-order valence-electron chi connectivity index (χ4n) is 3.12. The number of carbonyl (C=O) groups excluding carboxylic acids is 2. The number of carbonyl (C=O) groups is 2. The van der Waals surface area contributed by atoms with E-state index in [1.165, 1.54) is 10.9 Å². The molecule has 2 aromatic carbocycles. The van der Waals surface area contributed by atoms with E-state index < -0.39 is 11.9 Å². The molecule has 0 bridgehead atoms. The predicted octanol–water partition coefficient (Wildman–Crippen LogP) is 4.53. The second-order valence-electron chi connectivity index (χ2n) is 7.35. The van der Waals surface area contributed by atoms with Crippen molar-refractivity contribution in [1.82, 2.24) is 20.2 Å². The molecule has 34 heavy (non-hydrogen) atoms. The third-order valence-corrected chi connectivity index (χ3v) is 4.89. The summed E-state index contributed by atoms with van der Waals surface area (Å²) in [5, 5.41) is 14.7. The minimum Gasteiger partial charge on any atom is -0.465 e. The monoisotopic (exact) mass is 457 g/mol. The highest BCUT2D eigenvalue weighted by Crippen LogP contribution is 2.22. The summed E-state index contributed by atoms with van der Waals surface area (Å²) in [6, 6.07) is 19.2. The Morgan fingerprint density at radius 3 is 2.56 bits per heavy atom. The number of furan rings is 1. The number of anilines is 1. The van der Waals surface area contributed by atoms with Crippen LogP contribution in [-0.2, 0) is 9.53 Å². The average molecular weight is 457 g/mol. The fourth-order valence-corrected chi connectivity index (χ4v) is 3.12. The summed E-state index contributed by atoms with van der Waals surface area (Å²) in [6.07, 6.45) is 4.82. The molecule has 172 valence electrons. The highest BCUT2D eigenvalue weighted by Gasteiger charge is 2.20. The topological polar surface area (TPSA) is 112 Å². The van der Waals surface area contributed by atoms with E-state index in [0.717, 1.165) is 18.4 Å². The van der Waals surface area contributed by atoms with Gasteiger partial charge in [-0.15, -0.1) is 5.10 Å². The van der Waals surface area contributed by atoms with Crippen LogP contribution < -0.4 is 5.32 Å². The Balaban J connectivity index is 1.58. The van der Waals surface area contributed by atoms with Gasteiger partial charge in [0, 0.05) is 17.3 Å². The number of esters is 1. The van der Waals surface area contributed by atoms with Crippen molar-refractivity contribution in [3.05, 3.63) is 84.3 Å². The first kappa shape index (κ1) is 22.7. The summed E-state index contributed by atoms with van der Waals surface area (Å²) in [5.41, 5.74) is 1.81. The first-order valence-corrected chi connectivity index (χ1v) is 10.8. The summed E-state index contributed by atoms with van der Waals surface area (Å²) in [7, 11) is 0. The van der Waals surface area contributed by atoms with Gasteiger partial charge in [-0.2, -0.15) is 4.68 Å². The molecule has 0 spiro atoms. The molecule has 0 aliphatic heterocycles. The maximum absolute atomic E-state index is 13.3. The quantitative estimate of drug-likeness (QED) is 0.223. The van der Waals surface area contributed by atoms with E-state index in [-0.39, 0.29) is 5.70 Å². The zero-order chi connectivity index (χ0) is 23.8. The van der Waals surface area contributed by atoms with E-state index in [1.807, 2.05) is 37.3 Å². The molecule has 0 fully saturated rings. The van der Waals surface area contributed by atoms with Crippen molar-refractivity contribution in [3.63, 3.8) is 0 Å². The second-order valence-corrected chi connectivity index (χ2v) is 7.35. The van der Waals surface area contributed by atoms with Crippen LogP contribution in [0.5, 0.6) is 0 Å². The number of hydrogen-bond donors (Lipinski definition) is 1. The van der Waals surface area contributed by atoms with Gasteiger partial charge in [0.1, 0.15) is 11.5 Å². The molecule has 1 amide bonds. The van der Waals surface area contributed by atoms with Crippen molar-refractivity contribution in [2.24, 2.45) is 0 Å². The van der Waals surface area contributed by atoms with Gasteiger partial charge in [-0.3, -0.25) is 4.79 Å². The molecule has 2 heterocycles. The number of hydrogen-bond acceptors (Lipinski definition) is 7. The molecule has 0 unspecified atom stereocenters. The van der Waals surface area contributed by atoms with E-state index in [0.29, 0.717) is 29.4 Å². The van der Waals surface area contributed by atoms with Crippen LogP contribution in [0.3, 0.4) is 0 Å². The molecular formula is C25H23N5O4. The van der Waals surface area contributed by atoms with Gasteiger partial charge in [0.05, 0.1) is 18.4 Å². The van der Waals surface area contributed by atoms with Crippen LogP contribution in [-0.4, -0.2) is 38.7 Å². The Labute approximate surface area is 196 Å². The Kier molecular flexibility index (Phi) is 7.24. The molecule has 0 aliphatic rings. The van der Waals surface area contributed by atoms with Crippen LogP contribution in [0.4, 0.5) is 5.69 Å². The molecule has 9 heteroatoms. The molecule has 9 nitrogen and oxygen atoms in total. The van der Waals surface area contributed by atoms with Crippen LogP contribution in [0.15, 0.2) is 77.4 Å². The molecule has 4 aromatic rings. The van der Waals surface area contributed by atoms with Gasteiger partial charge < -0.3 is 14.5 Å². The number of rotatable bonds is 9. The molecule has 2 aromatic heterocycles. The van der Waals surface area contributed by atoms with Crippen molar-refractivity contribution in [3.8, 4) is 11.4 Å². The molecule has 4 rings (SSSR count). The minimum atomic E-state index is -0.459. The van der Waals surface area contributed by atoms with E-state index in [9.17, 15) is 9.59 Å². The summed E-state index contributed by atoms with van der Waals surface area (Å²) < 4.78 is 12.0. The van der Waals surface area contributed by atoms with Gasteiger partial charge in [0.25, 0.3) is 5.91 Å². The number of nitrogens with one attached hydrogen (secondary N) is 1. The lowest BCUT2D eigenvalue weighted by molar-refractivity contribution is -0.111. The van der Waals surface area contributed by atoms with Crippen molar-refractivity contribution >= 4 is 29.3 Å². The van der Waals surface area contributed by atoms with E-state index in [4.69, 9.17) is 9.15 Å². The maximum atomic E-state index is 13.3. The fraction of sp³-hybridized carbons (Fsp3) is 0.160. The Morgan fingerprint density at radius 1 is 1.06 bits per heavy atom. The zero-order valence-electron chi connectivity index (χ0n) is 18.5. The lowest BCUT2D eigenvalue weighted by atomic mass is 10.2. The Hall–Kier alpha value is -4.53. The molecule has 1 N–H and O–H groups in total. The number of aromatic nitrogens is 4. The van der Waals surface area contributed by atoms with Gasteiger partial charge in [-0.05, 0) is 53.2 Å². The van der Waals surface area contributed by atoms with Crippen molar-refractivity contribution in [1.29, 1.82) is 0 Å². The van der Waals surface area contributed by atoms with E-state index in [2.05, 4.69) is 20.8 Å². The van der Waals surface area contributed by atoms with Crippen molar-refractivity contribution in [2.45, 2.75) is 19.8 Å².